The largest absolute Gasteiger partial charge is 0.466 e. The van der Waals surface area contributed by atoms with Crippen LogP contribution in [0.25, 0.3) is 0 Å². The first-order valence-corrected chi connectivity index (χ1v) is 5.45. The second kappa shape index (κ2) is 5.63. The molecular weight excluding hydrogens is 246 g/mol. The highest BCUT2D eigenvalue weighted by Gasteiger charge is 2.25. The van der Waals surface area contributed by atoms with Gasteiger partial charge in [0.25, 0.3) is 5.69 Å². The second-order valence-corrected chi connectivity index (χ2v) is 3.87. The Morgan fingerprint density at radius 1 is 1.59 bits per heavy atom. The molecule has 0 amide bonds. The number of rotatable bonds is 4. The van der Waals surface area contributed by atoms with Crippen molar-refractivity contribution < 1.29 is 14.5 Å². The van der Waals surface area contributed by atoms with E-state index in [4.69, 9.17) is 16.3 Å². The van der Waals surface area contributed by atoms with Gasteiger partial charge in [0, 0.05) is 16.7 Å². The van der Waals surface area contributed by atoms with Crippen molar-refractivity contribution in [1.82, 2.24) is 0 Å². The van der Waals surface area contributed by atoms with Crippen molar-refractivity contribution in [2.45, 2.75) is 19.8 Å². The van der Waals surface area contributed by atoms with E-state index in [1.807, 2.05) is 0 Å². The first-order chi connectivity index (χ1) is 7.97. The lowest BCUT2D eigenvalue weighted by molar-refractivity contribution is -0.385. The SMILES string of the molecule is CCOC(=O)C(C)c1ccc(Cl)cc1[N+](=O)[O-]. The topological polar surface area (TPSA) is 69.4 Å². The lowest BCUT2D eigenvalue weighted by Gasteiger charge is -2.11. The maximum Gasteiger partial charge on any atom is 0.313 e. The molecule has 0 aromatic heterocycles. The molecule has 1 aromatic rings. The average Bonchev–Trinajstić information content (AvgIpc) is 2.28. The Morgan fingerprint density at radius 2 is 2.24 bits per heavy atom. The fourth-order valence-electron chi connectivity index (χ4n) is 1.44. The van der Waals surface area contributed by atoms with Crippen LogP contribution >= 0.6 is 11.6 Å². The number of nitro benzene ring substituents is 1. The van der Waals surface area contributed by atoms with Crippen LogP contribution < -0.4 is 0 Å². The molecule has 0 saturated heterocycles. The van der Waals surface area contributed by atoms with Gasteiger partial charge in [-0.05, 0) is 26.0 Å². The lowest BCUT2D eigenvalue weighted by Crippen LogP contribution is -2.14. The molecule has 0 heterocycles. The van der Waals surface area contributed by atoms with Crippen LogP contribution in [0.2, 0.25) is 5.02 Å². The van der Waals surface area contributed by atoms with Crippen LogP contribution in [-0.2, 0) is 9.53 Å². The highest BCUT2D eigenvalue weighted by Crippen LogP contribution is 2.30. The summed E-state index contributed by atoms with van der Waals surface area (Å²) in [4.78, 5) is 21.8. The summed E-state index contributed by atoms with van der Waals surface area (Å²) in [6.07, 6.45) is 0. The van der Waals surface area contributed by atoms with E-state index in [-0.39, 0.29) is 17.3 Å². The van der Waals surface area contributed by atoms with Crippen LogP contribution in [0.15, 0.2) is 18.2 Å². The lowest BCUT2D eigenvalue weighted by atomic mass is 9.99. The van der Waals surface area contributed by atoms with Gasteiger partial charge in [-0.2, -0.15) is 0 Å². The number of carbonyl (C=O) groups is 1. The molecule has 1 atom stereocenters. The normalized spacial score (nSPS) is 11.9. The maximum absolute atomic E-state index is 11.5. The summed E-state index contributed by atoms with van der Waals surface area (Å²) >= 11 is 5.69. The van der Waals surface area contributed by atoms with Crippen molar-refractivity contribution in [3.05, 3.63) is 38.9 Å². The number of halogens is 1. The molecule has 0 bridgehead atoms. The van der Waals surface area contributed by atoms with Gasteiger partial charge in [0.1, 0.15) is 0 Å². The maximum atomic E-state index is 11.5. The zero-order valence-corrected chi connectivity index (χ0v) is 10.2. The van der Waals surface area contributed by atoms with Crippen molar-refractivity contribution in [2.24, 2.45) is 0 Å². The van der Waals surface area contributed by atoms with E-state index in [9.17, 15) is 14.9 Å². The number of nitrogens with zero attached hydrogens (tertiary/aromatic N) is 1. The van der Waals surface area contributed by atoms with Crippen molar-refractivity contribution in [2.75, 3.05) is 6.61 Å². The molecule has 0 saturated carbocycles. The molecule has 0 fully saturated rings. The Hall–Kier alpha value is -1.62. The van der Waals surface area contributed by atoms with Gasteiger partial charge in [0.05, 0.1) is 17.4 Å². The quantitative estimate of drug-likeness (QED) is 0.472. The minimum absolute atomic E-state index is 0.168. The summed E-state index contributed by atoms with van der Waals surface area (Å²) in [6.45, 7) is 3.49. The Balaban J connectivity index is 3.12. The van der Waals surface area contributed by atoms with Crippen LogP contribution in [-0.4, -0.2) is 17.5 Å². The molecule has 0 radical (unpaired) electrons. The van der Waals surface area contributed by atoms with Crippen molar-refractivity contribution in [3.63, 3.8) is 0 Å². The summed E-state index contributed by atoms with van der Waals surface area (Å²) in [6, 6.07) is 4.22. The van der Waals surface area contributed by atoms with Crippen LogP contribution in [0.5, 0.6) is 0 Å². The molecule has 1 aromatic carbocycles. The third kappa shape index (κ3) is 3.17. The average molecular weight is 258 g/mol. The minimum atomic E-state index is -0.687. The summed E-state index contributed by atoms with van der Waals surface area (Å²) < 4.78 is 4.83. The van der Waals surface area contributed by atoms with E-state index in [1.165, 1.54) is 18.2 Å². The third-order valence-corrected chi connectivity index (χ3v) is 2.53. The molecule has 0 spiro atoms. The Kier molecular flexibility index (Phi) is 4.45. The fraction of sp³-hybridized carbons (Fsp3) is 0.364. The summed E-state index contributed by atoms with van der Waals surface area (Å²) in [5, 5.41) is 11.1. The number of benzene rings is 1. The van der Waals surface area contributed by atoms with Crippen molar-refractivity contribution >= 4 is 23.3 Å². The molecule has 92 valence electrons. The van der Waals surface area contributed by atoms with Crippen molar-refractivity contribution in [3.8, 4) is 0 Å². The molecule has 0 aliphatic rings. The highest BCUT2D eigenvalue weighted by atomic mass is 35.5. The molecule has 1 rings (SSSR count). The molecule has 5 nitrogen and oxygen atoms in total. The van der Waals surface area contributed by atoms with Crippen LogP contribution in [0.3, 0.4) is 0 Å². The number of nitro groups is 1. The standard InChI is InChI=1S/C11H12ClNO4/c1-3-17-11(14)7(2)9-5-4-8(12)6-10(9)13(15)16/h4-7H,3H2,1-2H3. The Morgan fingerprint density at radius 3 is 2.76 bits per heavy atom. The predicted molar refractivity (Wildman–Crippen MR) is 63.2 cm³/mol. The van der Waals surface area contributed by atoms with Gasteiger partial charge in [-0.1, -0.05) is 11.6 Å². The monoisotopic (exact) mass is 257 g/mol. The number of hydrogen-bond donors (Lipinski definition) is 0. The smallest absolute Gasteiger partial charge is 0.313 e. The zero-order chi connectivity index (χ0) is 13.0. The number of carbonyl (C=O) groups excluding carboxylic acids is 1. The van der Waals surface area contributed by atoms with E-state index in [0.717, 1.165) is 0 Å². The van der Waals surface area contributed by atoms with E-state index in [0.29, 0.717) is 5.56 Å². The molecule has 0 aliphatic carbocycles. The zero-order valence-electron chi connectivity index (χ0n) is 9.47. The number of esters is 1. The minimum Gasteiger partial charge on any atom is -0.466 e. The highest BCUT2D eigenvalue weighted by molar-refractivity contribution is 6.30. The number of hydrogen-bond acceptors (Lipinski definition) is 4. The van der Waals surface area contributed by atoms with Gasteiger partial charge in [-0.15, -0.1) is 0 Å². The molecule has 6 heteroatoms. The van der Waals surface area contributed by atoms with Gasteiger partial charge in [0.2, 0.25) is 0 Å². The second-order valence-electron chi connectivity index (χ2n) is 3.43. The van der Waals surface area contributed by atoms with E-state index >= 15 is 0 Å². The van der Waals surface area contributed by atoms with Gasteiger partial charge in [0.15, 0.2) is 0 Å². The van der Waals surface area contributed by atoms with Crippen molar-refractivity contribution in [1.29, 1.82) is 0 Å². The Labute approximate surface area is 103 Å². The molecule has 1 unspecified atom stereocenters. The van der Waals surface area contributed by atoms with E-state index in [2.05, 4.69) is 0 Å². The molecule has 0 N–H and O–H groups in total. The third-order valence-electron chi connectivity index (χ3n) is 2.30. The Bertz CT molecular complexity index is 447. The van der Waals surface area contributed by atoms with Gasteiger partial charge < -0.3 is 4.74 Å². The molecule has 0 aliphatic heterocycles. The molecule has 17 heavy (non-hydrogen) atoms. The fourth-order valence-corrected chi connectivity index (χ4v) is 1.60. The van der Waals surface area contributed by atoms with Gasteiger partial charge >= 0.3 is 5.97 Å². The molecular formula is C11H12ClNO4. The van der Waals surface area contributed by atoms with Crippen LogP contribution in [0, 0.1) is 10.1 Å². The summed E-state index contributed by atoms with van der Waals surface area (Å²) in [5.74, 6) is -1.18. The first-order valence-electron chi connectivity index (χ1n) is 5.07. The predicted octanol–water partition coefficient (Wildman–Crippen LogP) is 2.91. The van der Waals surface area contributed by atoms with Crippen LogP contribution in [0.1, 0.15) is 25.3 Å². The first kappa shape index (κ1) is 13.4. The van der Waals surface area contributed by atoms with Crippen LogP contribution in [0.4, 0.5) is 5.69 Å². The number of ether oxygens (including phenoxy) is 1. The van der Waals surface area contributed by atoms with E-state index in [1.54, 1.807) is 13.8 Å². The van der Waals surface area contributed by atoms with E-state index < -0.39 is 16.8 Å². The van der Waals surface area contributed by atoms with Gasteiger partial charge in [-0.3, -0.25) is 14.9 Å². The summed E-state index contributed by atoms with van der Waals surface area (Å²) in [5.41, 5.74) is 0.135. The van der Waals surface area contributed by atoms with Gasteiger partial charge in [-0.25, -0.2) is 0 Å². The summed E-state index contributed by atoms with van der Waals surface area (Å²) in [7, 11) is 0.